The fraction of sp³-hybridized carbons (Fsp3) is 0.579. The topological polar surface area (TPSA) is 74.3 Å². The van der Waals surface area contributed by atoms with Crippen molar-refractivity contribution < 1.29 is 28.5 Å². The molecule has 0 radical (unpaired) electrons. The Bertz CT molecular complexity index is 624. The minimum absolute atomic E-state index is 0.158. The maximum atomic E-state index is 12.5. The Kier molecular flexibility index (Phi) is 6.71. The number of rotatable bonds is 6. The van der Waals surface area contributed by atoms with Crippen LogP contribution in [0, 0.1) is 0 Å². The van der Waals surface area contributed by atoms with Crippen LogP contribution in [0.1, 0.15) is 43.5 Å². The summed E-state index contributed by atoms with van der Waals surface area (Å²) in [7, 11) is 4.42. The third-order valence-corrected chi connectivity index (χ3v) is 4.71. The SMILES string of the molecule is COc1cc(C(=O)OCC(=O)N2C(C)CCCC2C)cc(OC)c1OC. The van der Waals surface area contributed by atoms with E-state index >= 15 is 0 Å². The van der Waals surface area contributed by atoms with Crippen molar-refractivity contribution in [3.05, 3.63) is 17.7 Å². The Morgan fingerprint density at radius 3 is 2.00 bits per heavy atom. The first-order valence-corrected chi connectivity index (χ1v) is 8.71. The summed E-state index contributed by atoms with van der Waals surface area (Å²) >= 11 is 0. The first kappa shape index (κ1) is 19.9. The summed E-state index contributed by atoms with van der Waals surface area (Å²) in [4.78, 5) is 26.7. The van der Waals surface area contributed by atoms with Gasteiger partial charge >= 0.3 is 5.97 Å². The number of carbonyl (C=O) groups excluding carboxylic acids is 2. The minimum Gasteiger partial charge on any atom is -0.493 e. The van der Waals surface area contributed by atoms with E-state index in [2.05, 4.69) is 0 Å². The summed E-state index contributed by atoms with van der Waals surface area (Å²) in [6.07, 6.45) is 3.05. The second-order valence-electron chi connectivity index (χ2n) is 6.42. The van der Waals surface area contributed by atoms with E-state index in [1.165, 1.54) is 33.5 Å². The van der Waals surface area contributed by atoms with E-state index in [1.807, 2.05) is 18.7 Å². The molecule has 0 aromatic heterocycles. The van der Waals surface area contributed by atoms with Gasteiger partial charge in [-0.2, -0.15) is 0 Å². The first-order valence-electron chi connectivity index (χ1n) is 8.71. The molecular formula is C19H27NO6. The number of hydrogen-bond donors (Lipinski definition) is 0. The smallest absolute Gasteiger partial charge is 0.338 e. The molecule has 1 aromatic carbocycles. The Balaban J connectivity index is 2.09. The van der Waals surface area contributed by atoms with Crippen LogP contribution in [0.4, 0.5) is 0 Å². The second-order valence-corrected chi connectivity index (χ2v) is 6.42. The zero-order valence-electron chi connectivity index (χ0n) is 16.0. The van der Waals surface area contributed by atoms with Gasteiger partial charge in [0.15, 0.2) is 18.1 Å². The van der Waals surface area contributed by atoms with Crippen molar-refractivity contribution in [1.82, 2.24) is 4.90 Å². The molecule has 1 saturated heterocycles. The number of ether oxygens (including phenoxy) is 4. The molecule has 2 rings (SSSR count). The lowest BCUT2D eigenvalue weighted by Crippen LogP contribution is -2.49. The first-order chi connectivity index (χ1) is 12.4. The Morgan fingerprint density at radius 1 is 1.00 bits per heavy atom. The number of amides is 1. The fourth-order valence-electron chi connectivity index (χ4n) is 3.40. The molecule has 144 valence electrons. The molecular weight excluding hydrogens is 338 g/mol. The van der Waals surface area contributed by atoms with E-state index in [0.717, 1.165) is 19.3 Å². The van der Waals surface area contributed by atoms with Crippen LogP contribution in [0.15, 0.2) is 12.1 Å². The molecule has 1 aliphatic rings. The maximum Gasteiger partial charge on any atom is 0.338 e. The average molecular weight is 365 g/mol. The van der Waals surface area contributed by atoms with E-state index in [1.54, 1.807) is 0 Å². The molecule has 1 amide bonds. The van der Waals surface area contributed by atoms with Gasteiger partial charge in [-0.1, -0.05) is 0 Å². The molecule has 7 heteroatoms. The van der Waals surface area contributed by atoms with Gasteiger partial charge in [-0.25, -0.2) is 4.79 Å². The van der Waals surface area contributed by atoms with Crippen LogP contribution in [0.3, 0.4) is 0 Å². The molecule has 0 saturated carbocycles. The molecule has 2 atom stereocenters. The zero-order chi connectivity index (χ0) is 19.3. The lowest BCUT2D eigenvalue weighted by Gasteiger charge is -2.38. The maximum absolute atomic E-state index is 12.5. The Morgan fingerprint density at radius 2 is 1.54 bits per heavy atom. The number of esters is 1. The van der Waals surface area contributed by atoms with Gasteiger partial charge < -0.3 is 23.8 Å². The van der Waals surface area contributed by atoms with Crippen LogP contribution < -0.4 is 14.2 Å². The lowest BCUT2D eigenvalue weighted by molar-refractivity contribution is -0.140. The van der Waals surface area contributed by atoms with Crippen LogP contribution in [-0.4, -0.2) is 56.8 Å². The number of nitrogens with zero attached hydrogens (tertiary/aromatic N) is 1. The summed E-state index contributed by atoms with van der Waals surface area (Å²) in [5.74, 6) is 0.297. The molecule has 0 aliphatic carbocycles. The zero-order valence-corrected chi connectivity index (χ0v) is 16.0. The lowest BCUT2D eigenvalue weighted by atomic mass is 9.97. The Labute approximate surface area is 154 Å². The van der Waals surface area contributed by atoms with Gasteiger partial charge in [0.05, 0.1) is 26.9 Å². The molecule has 0 bridgehead atoms. The molecule has 26 heavy (non-hydrogen) atoms. The average Bonchev–Trinajstić information content (AvgIpc) is 2.64. The molecule has 0 N–H and O–H groups in total. The summed E-state index contributed by atoms with van der Waals surface area (Å²) in [5.41, 5.74) is 0.229. The molecule has 2 unspecified atom stereocenters. The normalized spacial score (nSPS) is 19.7. The predicted molar refractivity (Wildman–Crippen MR) is 96.0 cm³/mol. The van der Waals surface area contributed by atoms with Crippen molar-refractivity contribution >= 4 is 11.9 Å². The fourth-order valence-corrected chi connectivity index (χ4v) is 3.40. The van der Waals surface area contributed by atoms with Crippen LogP contribution in [0.2, 0.25) is 0 Å². The molecule has 7 nitrogen and oxygen atoms in total. The second kappa shape index (κ2) is 8.78. The number of piperidine rings is 1. The Hall–Kier alpha value is -2.44. The van der Waals surface area contributed by atoms with E-state index < -0.39 is 5.97 Å². The minimum atomic E-state index is -0.616. The number of benzene rings is 1. The highest BCUT2D eigenvalue weighted by atomic mass is 16.5. The summed E-state index contributed by atoms with van der Waals surface area (Å²) in [6, 6.07) is 3.32. The highest BCUT2D eigenvalue weighted by Crippen LogP contribution is 2.38. The quantitative estimate of drug-likeness (QED) is 0.722. The van der Waals surface area contributed by atoms with Crippen LogP contribution in [-0.2, 0) is 9.53 Å². The molecule has 1 aromatic rings. The number of hydrogen-bond acceptors (Lipinski definition) is 6. The summed E-state index contributed by atoms with van der Waals surface area (Å²) in [6.45, 7) is 3.76. The third-order valence-electron chi connectivity index (χ3n) is 4.71. The van der Waals surface area contributed by atoms with Crippen molar-refractivity contribution in [3.8, 4) is 17.2 Å². The van der Waals surface area contributed by atoms with E-state index in [9.17, 15) is 9.59 Å². The molecule has 0 spiro atoms. The van der Waals surface area contributed by atoms with Gasteiger partial charge in [0.25, 0.3) is 5.91 Å². The van der Waals surface area contributed by atoms with E-state index in [0.29, 0.717) is 17.2 Å². The number of carbonyl (C=O) groups is 2. The monoisotopic (exact) mass is 365 g/mol. The third kappa shape index (κ3) is 4.20. The molecule has 1 heterocycles. The van der Waals surface area contributed by atoms with Crippen LogP contribution in [0.5, 0.6) is 17.2 Å². The van der Waals surface area contributed by atoms with Crippen molar-refractivity contribution in [2.45, 2.75) is 45.2 Å². The molecule has 1 aliphatic heterocycles. The van der Waals surface area contributed by atoms with Gasteiger partial charge in [-0.15, -0.1) is 0 Å². The molecule has 1 fully saturated rings. The van der Waals surface area contributed by atoms with Gasteiger partial charge in [0.2, 0.25) is 5.75 Å². The van der Waals surface area contributed by atoms with Gasteiger partial charge in [0, 0.05) is 12.1 Å². The van der Waals surface area contributed by atoms with Crippen molar-refractivity contribution in [2.24, 2.45) is 0 Å². The van der Waals surface area contributed by atoms with E-state index in [-0.39, 0.29) is 30.2 Å². The summed E-state index contributed by atoms with van der Waals surface area (Å²) in [5, 5.41) is 0. The predicted octanol–water partition coefficient (Wildman–Crippen LogP) is 2.66. The van der Waals surface area contributed by atoms with Crippen molar-refractivity contribution in [1.29, 1.82) is 0 Å². The number of methoxy groups -OCH3 is 3. The summed E-state index contributed by atoms with van der Waals surface area (Å²) < 4.78 is 20.9. The number of likely N-dealkylation sites (tertiary alicyclic amines) is 1. The van der Waals surface area contributed by atoms with Gasteiger partial charge in [-0.05, 0) is 45.2 Å². The van der Waals surface area contributed by atoms with Crippen molar-refractivity contribution in [3.63, 3.8) is 0 Å². The van der Waals surface area contributed by atoms with Crippen LogP contribution in [0.25, 0.3) is 0 Å². The van der Waals surface area contributed by atoms with Gasteiger partial charge in [0.1, 0.15) is 0 Å². The van der Waals surface area contributed by atoms with Crippen molar-refractivity contribution in [2.75, 3.05) is 27.9 Å². The standard InChI is InChI=1S/C19H27NO6/c1-12-7-6-8-13(2)20(12)17(21)11-26-19(22)14-9-15(23-3)18(25-5)16(10-14)24-4/h9-10,12-13H,6-8,11H2,1-5H3. The largest absolute Gasteiger partial charge is 0.493 e. The highest BCUT2D eigenvalue weighted by Gasteiger charge is 2.29. The van der Waals surface area contributed by atoms with Gasteiger partial charge in [-0.3, -0.25) is 4.79 Å². The highest BCUT2D eigenvalue weighted by molar-refractivity contribution is 5.93. The van der Waals surface area contributed by atoms with E-state index in [4.69, 9.17) is 18.9 Å². The van der Waals surface area contributed by atoms with Crippen LogP contribution >= 0.6 is 0 Å².